The average Bonchev–Trinajstić information content (AvgIpc) is 2.37. The molecule has 1 rings (SSSR count). The predicted molar refractivity (Wildman–Crippen MR) is 81.9 cm³/mol. The highest BCUT2D eigenvalue weighted by atomic mass is 14.9. The molecule has 0 radical (unpaired) electrons. The van der Waals surface area contributed by atoms with Crippen molar-refractivity contribution in [1.29, 1.82) is 0 Å². The number of rotatable bonds is 9. The van der Waals surface area contributed by atoms with Crippen LogP contribution in [0.4, 0.5) is 0 Å². The summed E-state index contributed by atoms with van der Waals surface area (Å²) in [5, 5.41) is 3.74. The molecule has 0 aromatic rings. The van der Waals surface area contributed by atoms with Gasteiger partial charge in [0.2, 0.25) is 0 Å². The number of nitrogens with one attached hydrogen (secondary N) is 1. The minimum Gasteiger partial charge on any atom is -0.314 e. The van der Waals surface area contributed by atoms with Crippen LogP contribution in [-0.4, -0.2) is 12.6 Å². The van der Waals surface area contributed by atoms with E-state index in [4.69, 9.17) is 0 Å². The summed E-state index contributed by atoms with van der Waals surface area (Å²) in [5.41, 5.74) is 0. The molecule has 0 heterocycles. The van der Waals surface area contributed by atoms with E-state index >= 15 is 0 Å². The molecule has 0 amide bonds. The Morgan fingerprint density at radius 3 is 2.78 bits per heavy atom. The summed E-state index contributed by atoms with van der Waals surface area (Å²) in [5.74, 6) is 1.89. The Kier molecular flexibility index (Phi) is 8.41. The van der Waals surface area contributed by atoms with E-state index in [1.165, 1.54) is 57.8 Å². The van der Waals surface area contributed by atoms with Gasteiger partial charge in [-0.05, 0) is 50.5 Å². The lowest BCUT2D eigenvalue weighted by atomic mass is 9.77. The topological polar surface area (TPSA) is 12.0 Å². The van der Waals surface area contributed by atoms with E-state index in [2.05, 4.69) is 25.7 Å². The summed E-state index contributed by atoms with van der Waals surface area (Å²) in [6, 6.07) is 0.779. The predicted octanol–water partition coefficient (Wildman–Crippen LogP) is 4.93. The number of allylic oxidation sites excluding steroid dienone is 1. The lowest BCUT2D eigenvalue weighted by Gasteiger charge is -2.34. The Morgan fingerprint density at radius 1 is 1.28 bits per heavy atom. The smallest absolute Gasteiger partial charge is 0.00953 e. The molecular formula is C17H33N. The van der Waals surface area contributed by atoms with Gasteiger partial charge in [0.1, 0.15) is 0 Å². The van der Waals surface area contributed by atoms with E-state index in [0.29, 0.717) is 0 Å². The van der Waals surface area contributed by atoms with Gasteiger partial charge in [0, 0.05) is 6.04 Å². The molecule has 0 aromatic carbocycles. The Hall–Kier alpha value is -0.300. The van der Waals surface area contributed by atoms with Gasteiger partial charge in [-0.15, -0.1) is 6.58 Å². The molecule has 1 saturated carbocycles. The van der Waals surface area contributed by atoms with Gasteiger partial charge in [0.05, 0.1) is 0 Å². The molecule has 0 aliphatic heterocycles. The van der Waals surface area contributed by atoms with Crippen molar-refractivity contribution < 1.29 is 0 Å². The summed E-state index contributed by atoms with van der Waals surface area (Å²) in [6.07, 6.45) is 14.5. The van der Waals surface area contributed by atoms with Gasteiger partial charge in [-0.2, -0.15) is 0 Å². The van der Waals surface area contributed by atoms with E-state index < -0.39 is 0 Å². The Bertz CT molecular complexity index is 212. The highest BCUT2D eigenvalue weighted by Crippen LogP contribution is 2.32. The fourth-order valence-corrected chi connectivity index (χ4v) is 3.44. The second-order valence-electron chi connectivity index (χ2n) is 6.12. The number of hydrogen-bond acceptors (Lipinski definition) is 1. The minimum absolute atomic E-state index is 0.779. The first-order chi connectivity index (χ1) is 8.77. The zero-order valence-electron chi connectivity index (χ0n) is 12.6. The molecule has 1 nitrogen and oxygen atoms in total. The summed E-state index contributed by atoms with van der Waals surface area (Å²) in [4.78, 5) is 0. The molecule has 18 heavy (non-hydrogen) atoms. The zero-order chi connectivity index (χ0) is 13.2. The van der Waals surface area contributed by atoms with E-state index in [1.807, 2.05) is 6.08 Å². The van der Waals surface area contributed by atoms with Gasteiger partial charge in [-0.25, -0.2) is 0 Å². The minimum atomic E-state index is 0.779. The van der Waals surface area contributed by atoms with Gasteiger partial charge >= 0.3 is 0 Å². The number of unbranched alkanes of at least 4 members (excludes halogenated alkanes) is 3. The lowest BCUT2D eigenvalue weighted by molar-refractivity contribution is 0.213. The van der Waals surface area contributed by atoms with Crippen molar-refractivity contribution in [2.45, 2.75) is 77.7 Å². The van der Waals surface area contributed by atoms with Crippen LogP contribution in [0.25, 0.3) is 0 Å². The molecule has 0 saturated heterocycles. The van der Waals surface area contributed by atoms with Crippen molar-refractivity contribution >= 4 is 0 Å². The zero-order valence-corrected chi connectivity index (χ0v) is 12.6. The largest absolute Gasteiger partial charge is 0.314 e. The number of hydrogen-bond donors (Lipinski definition) is 1. The lowest BCUT2D eigenvalue weighted by Crippen LogP contribution is -2.38. The Balaban J connectivity index is 2.26. The van der Waals surface area contributed by atoms with Crippen LogP contribution >= 0.6 is 0 Å². The quantitative estimate of drug-likeness (QED) is 0.453. The van der Waals surface area contributed by atoms with Gasteiger partial charge in [-0.1, -0.05) is 45.6 Å². The van der Waals surface area contributed by atoms with Crippen LogP contribution in [-0.2, 0) is 0 Å². The maximum Gasteiger partial charge on any atom is 0.00953 e. The molecule has 0 aromatic heterocycles. The van der Waals surface area contributed by atoms with Crippen LogP contribution < -0.4 is 5.32 Å². The van der Waals surface area contributed by atoms with Crippen LogP contribution in [0.2, 0.25) is 0 Å². The van der Waals surface area contributed by atoms with E-state index in [-0.39, 0.29) is 0 Å². The van der Waals surface area contributed by atoms with Crippen LogP contribution in [0, 0.1) is 11.8 Å². The van der Waals surface area contributed by atoms with Crippen molar-refractivity contribution in [1.82, 2.24) is 5.32 Å². The van der Waals surface area contributed by atoms with Crippen LogP contribution in [0.15, 0.2) is 12.7 Å². The molecule has 1 aliphatic carbocycles. The SMILES string of the molecule is C=CCCCCCC(NCC)C1CCCC(C)C1. The third-order valence-electron chi connectivity index (χ3n) is 4.44. The first-order valence-electron chi connectivity index (χ1n) is 8.12. The summed E-state index contributed by atoms with van der Waals surface area (Å²) < 4.78 is 0. The highest BCUT2D eigenvalue weighted by molar-refractivity contribution is 4.81. The van der Waals surface area contributed by atoms with Crippen molar-refractivity contribution in [3.8, 4) is 0 Å². The fraction of sp³-hybridized carbons (Fsp3) is 0.882. The Labute approximate surface area is 114 Å². The first kappa shape index (κ1) is 15.8. The summed E-state index contributed by atoms with van der Waals surface area (Å²) >= 11 is 0. The molecule has 0 spiro atoms. The van der Waals surface area contributed by atoms with Crippen molar-refractivity contribution in [2.75, 3.05) is 6.54 Å². The molecular weight excluding hydrogens is 218 g/mol. The van der Waals surface area contributed by atoms with E-state index in [9.17, 15) is 0 Å². The second kappa shape index (κ2) is 9.61. The monoisotopic (exact) mass is 251 g/mol. The molecule has 3 atom stereocenters. The van der Waals surface area contributed by atoms with Gasteiger partial charge < -0.3 is 5.32 Å². The van der Waals surface area contributed by atoms with E-state index in [1.54, 1.807) is 0 Å². The average molecular weight is 251 g/mol. The second-order valence-corrected chi connectivity index (χ2v) is 6.12. The molecule has 106 valence electrons. The summed E-state index contributed by atoms with van der Waals surface area (Å²) in [6.45, 7) is 9.60. The third kappa shape index (κ3) is 6.04. The molecule has 1 fully saturated rings. The van der Waals surface area contributed by atoms with Crippen molar-refractivity contribution in [3.63, 3.8) is 0 Å². The first-order valence-corrected chi connectivity index (χ1v) is 8.12. The van der Waals surface area contributed by atoms with Gasteiger partial charge in [0.25, 0.3) is 0 Å². The maximum absolute atomic E-state index is 3.79. The normalized spacial score (nSPS) is 25.9. The standard InChI is InChI=1S/C17H33N/c1-4-6-7-8-9-13-17(18-5-2)16-12-10-11-15(3)14-16/h4,15-18H,1,5-14H2,2-3H3. The van der Waals surface area contributed by atoms with Crippen molar-refractivity contribution in [3.05, 3.63) is 12.7 Å². The summed E-state index contributed by atoms with van der Waals surface area (Å²) in [7, 11) is 0. The molecule has 1 heteroatoms. The van der Waals surface area contributed by atoms with Gasteiger partial charge in [0.15, 0.2) is 0 Å². The molecule has 1 aliphatic rings. The van der Waals surface area contributed by atoms with Crippen LogP contribution in [0.1, 0.15) is 71.6 Å². The molecule has 3 unspecified atom stereocenters. The fourth-order valence-electron chi connectivity index (χ4n) is 3.44. The van der Waals surface area contributed by atoms with Gasteiger partial charge in [-0.3, -0.25) is 0 Å². The van der Waals surface area contributed by atoms with E-state index in [0.717, 1.165) is 24.4 Å². The van der Waals surface area contributed by atoms with Crippen molar-refractivity contribution in [2.24, 2.45) is 11.8 Å². The molecule has 1 N–H and O–H groups in total. The maximum atomic E-state index is 3.79. The Morgan fingerprint density at radius 2 is 2.11 bits per heavy atom. The van der Waals surface area contributed by atoms with Crippen LogP contribution in [0.5, 0.6) is 0 Å². The third-order valence-corrected chi connectivity index (χ3v) is 4.44. The molecule has 0 bridgehead atoms. The highest BCUT2D eigenvalue weighted by Gasteiger charge is 2.25. The van der Waals surface area contributed by atoms with Crippen LogP contribution in [0.3, 0.4) is 0 Å².